The summed E-state index contributed by atoms with van der Waals surface area (Å²) in [5.41, 5.74) is 6.67. The van der Waals surface area contributed by atoms with Crippen LogP contribution in [0.4, 0.5) is 0 Å². The molecule has 0 aromatic rings. The van der Waals surface area contributed by atoms with Gasteiger partial charge in [0.15, 0.2) is 0 Å². The van der Waals surface area contributed by atoms with Crippen LogP contribution >= 0.6 is 0 Å². The molecule has 0 aromatic carbocycles. The van der Waals surface area contributed by atoms with Gasteiger partial charge >= 0.3 is 0 Å². The fourth-order valence-corrected chi connectivity index (χ4v) is 3.12. The van der Waals surface area contributed by atoms with Crippen molar-refractivity contribution in [2.75, 3.05) is 19.6 Å². The van der Waals surface area contributed by atoms with Crippen molar-refractivity contribution in [2.45, 2.75) is 45.6 Å². The van der Waals surface area contributed by atoms with Crippen molar-refractivity contribution >= 4 is 0 Å². The number of hydrogen-bond acceptors (Lipinski definition) is 2. The molecule has 1 aliphatic heterocycles. The molecule has 2 atom stereocenters. The first-order valence-electron chi connectivity index (χ1n) is 6.05. The maximum absolute atomic E-state index is 6.05. The van der Waals surface area contributed by atoms with Gasteiger partial charge in [-0.15, -0.1) is 0 Å². The van der Waals surface area contributed by atoms with Gasteiger partial charge in [0.05, 0.1) is 0 Å². The Balaban J connectivity index is 1.84. The Morgan fingerprint density at radius 1 is 1.36 bits per heavy atom. The minimum absolute atomic E-state index is 0.419. The lowest BCUT2D eigenvalue weighted by Gasteiger charge is -2.45. The highest BCUT2D eigenvalue weighted by atomic mass is 15.2. The quantitative estimate of drug-likeness (QED) is 0.730. The summed E-state index contributed by atoms with van der Waals surface area (Å²) in [6.45, 7) is 8.44. The van der Waals surface area contributed by atoms with Gasteiger partial charge in [-0.25, -0.2) is 0 Å². The Morgan fingerprint density at radius 2 is 2.07 bits per heavy atom. The summed E-state index contributed by atoms with van der Waals surface area (Å²) in [4.78, 5) is 2.60. The van der Waals surface area contributed by atoms with Crippen LogP contribution in [-0.4, -0.2) is 30.6 Å². The molecule has 1 heterocycles. The second kappa shape index (κ2) is 3.82. The molecular weight excluding hydrogens is 172 g/mol. The topological polar surface area (TPSA) is 29.3 Å². The van der Waals surface area contributed by atoms with Crippen LogP contribution in [0.25, 0.3) is 0 Å². The minimum Gasteiger partial charge on any atom is -0.327 e. The van der Waals surface area contributed by atoms with E-state index in [1.54, 1.807) is 0 Å². The van der Waals surface area contributed by atoms with E-state index in [2.05, 4.69) is 18.7 Å². The van der Waals surface area contributed by atoms with Gasteiger partial charge in [-0.05, 0) is 30.6 Å². The van der Waals surface area contributed by atoms with Crippen LogP contribution in [0.3, 0.4) is 0 Å². The SMILES string of the molecule is CC1CC(N)CN(CC2(C)CCC2)C1. The van der Waals surface area contributed by atoms with Crippen LogP contribution in [0.5, 0.6) is 0 Å². The van der Waals surface area contributed by atoms with Crippen molar-refractivity contribution in [3.8, 4) is 0 Å². The van der Waals surface area contributed by atoms with E-state index in [1.807, 2.05) is 0 Å². The molecule has 14 heavy (non-hydrogen) atoms. The smallest absolute Gasteiger partial charge is 0.0170 e. The molecule has 1 aliphatic carbocycles. The van der Waals surface area contributed by atoms with Crippen LogP contribution in [0.15, 0.2) is 0 Å². The van der Waals surface area contributed by atoms with E-state index in [0.717, 1.165) is 12.5 Å². The van der Waals surface area contributed by atoms with Gasteiger partial charge in [0.25, 0.3) is 0 Å². The van der Waals surface area contributed by atoms with E-state index in [-0.39, 0.29) is 0 Å². The van der Waals surface area contributed by atoms with E-state index in [1.165, 1.54) is 38.8 Å². The van der Waals surface area contributed by atoms with Crippen LogP contribution in [-0.2, 0) is 0 Å². The predicted octanol–water partition coefficient (Wildman–Crippen LogP) is 1.85. The first-order valence-corrected chi connectivity index (χ1v) is 6.05. The molecule has 0 amide bonds. The number of likely N-dealkylation sites (tertiary alicyclic amines) is 1. The third-order valence-corrected chi connectivity index (χ3v) is 3.93. The highest BCUT2D eigenvalue weighted by Crippen LogP contribution is 2.41. The lowest BCUT2D eigenvalue weighted by molar-refractivity contribution is 0.0560. The van der Waals surface area contributed by atoms with Crippen molar-refractivity contribution in [1.29, 1.82) is 0 Å². The molecule has 2 aliphatic rings. The monoisotopic (exact) mass is 196 g/mol. The molecule has 1 saturated heterocycles. The van der Waals surface area contributed by atoms with Gasteiger partial charge in [-0.1, -0.05) is 20.3 Å². The zero-order valence-corrected chi connectivity index (χ0v) is 9.63. The molecule has 2 fully saturated rings. The molecule has 0 bridgehead atoms. The van der Waals surface area contributed by atoms with E-state index in [4.69, 9.17) is 5.73 Å². The lowest BCUT2D eigenvalue weighted by atomic mass is 9.70. The number of nitrogens with zero attached hydrogens (tertiary/aromatic N) is 1. The molecule has 82 valence electrons. The van der Waals surface area contributed by atoms with Crippen molar-refractivity contribution in [1.82, 2.24) is 4.90 Å². The highest BCUT2D eigenvalue weighted by Gasteiger charge is 2.35. The molecule has 0 spiro atoms. The highest BCUT2D eigenvalue weighted by molar-refractivity contribution is 4.89. The maximum atomic E-state index is 6.05. The summed E-state index contributed by atoms with van der Waals surface area (Å²) < 4.78 is 0. The fraction of sp³-hybridized carbons (Fsp3) is 1.00. The zero-order chi connectivity index (χ0) is 10.2. The first-order chi connectivity index (χ1) is 6.57. The lowest BCUT2D eigenvalue weighted by Crippen LogP contribution is -2.50. The number of piperidine rings is 1. The molecular formula is C12H24N2. The molecule has 0 radical (unpaired) electrons. The normalized spacial score (nSPS) is 37.9. The maximum Gasteiger partial charge on any atom is 0.0170 e. The van der Waals surface area contributed by atoms with Crippen LogP contribution in [0, 0.1) is 11.3 Å². The van der Waals surface area contributed by atoms with E-state index >= 15 is 0 Å². The molecule has 0 aromatic heterocycles. The summed E-state index contributed by atoms with van der Waals surface area (Å²) in [5.74, 6) is 0.794. The summed E-state index contributed by atoms with van der Waals surface area (Å²) in [5, 5.41) is 0. The first kappa shape index (κ1) is 10.4. The van der Waals surface area contributed by atoms with Gasteiger partial charge in [0.1, 0.15) is 0 Å². The fourth-order valence-electron chi connectivity index (χ4n) is 3.12. The number of hydrogen-bond donors (Lipinski definition) is 1. The van der Waals surface area contributed by atoms with Crippen molar-refractivity contribution < 1.29 is 0 Å². The van der Waals surface area contributed by atoms with E-state index < -0.39 is 0 Å². The predicted molar refractivity (Wildman–Crippen MR) is 60.2 cm³/mol. The van der Waals surface area contributed by atoms with Crippen LogP contribution < -0.4 is 5.73 Å². The number of rotatable bonds is 2. The molecule has 2 rings (SSSR count). The van der Waals surface area contributed by atoms with Gasteiger partial charge in [-0.2, -0.15) is 0 Å². The molecule has 1 saturated carbocycles. The molecule has 2 nitrogen and oxygen atoms in total. The molecule has 2 heteroatoms. The molecule has 2 N–H and O–H groups in total. The van der Waals surface area contributed by atoms with Gasteiger partial charge < -0.3 is 10.6 Å². The summed E-state index contributed by atoms with van der Waals surface area (Å²) >= 11 is 0. The Labute approximate surface area is 87.8 Å². The van der Waals surface area contributed by atoms with E-state index in [0.29, 0.717) is 11.5 Å². The number of nitrogens with two attached hydrogens (primary N) is 1. The summed E-state index contributed by atoms with van der Waals surface area (Å²) in [6.07, 6.45) is 5.50. The van der Waals surface area contributed by atoms with Gasteiger partial charge in [0, 0.05) is 25.7 Å². The van der Waals surface area contributed by atoms with Gasteiger partial charge in [-0.3, -0.25) is 0 Å². The Hall–Kier alpha value is -0.0800. The minimum atomic E-state index is 0.419. The van der Waals surface area contributed by atoms with Crippen molar-refractivity contribution in [3.05, 3.63) is 0 Å². The average molecular weight is 196 g/mol. The third kappa shape index (κ3) is 2.29. The molecule has 2 unspecified atom stereocenters. The average Bonchev–Trinajstić information content (AvgIpc) is 1.99. The van der Waals surface area contributed by atoms with Crippen molar-refractivity contribution in [2.24, 2.45) is 17.1 Å². The largest absolute Gasteiger partial charge is 0.327 e. The van der Waals surface area contributed by atoms with Crippen LogP contribution in [0.2, 0.25) is 0 Å². The summed E-state index contributed by atoms with van der Waals surface area (Å²) in [7, 11) is 0. The third-order valence-electron chi connectivity index (χ3n) is 3.93. The van der Waals surface area contributed by atoms with Crippen LogP contribution in [0.1, 0.15) is 39.5 Å². The second-order valence-electron chi connectivity index (χ2n) is 5.96. The standard InChI is InChI=1S/C12H24N2/c1-10-6-11(13)8-14(7-10)9-12(2)4-3-5-12/h10-11H,3-9,13H2,1-2H3. The summed E-state index contributed by atoms with van der Waals surface area (Å²) in [6, 6.07) is 0.419. The van der Waals surface area contributed by atoms with Crippen molar-refractivity contribution in [3.63, 3.8) is 0 Å². The Bertz CT molecular complexity index is 188. The van der Waals surface area contributed by atoms with E-state index in [9.17, 15) is 0 Å². The van der Waals surface area contributed by atoms with Gasteiger partial charge in [0.2, 0.25) is 0 Å². The Morgan fingerprint density at radius 3 is 2.57 bits per heavy atom. The Kier molecular flexibility index (Phi) is 2.85. The second-order valence-corrected chi connectivity index (χ2v) is 5.96. The zero-order valence-electron chi connectivity index (χ0n) is 9.63.